The maximum atomic E-state index is 12.8. The second kappa shape index (κ2) is 12.0. The molecule has 7 atom stereocenters. The van der Waals surface area contributed by atoms with E-state index in [1.165, 1.54) is 6.08 Å². The highest BCUT2D eigenvalue weighted by molar-refractivity contribution is 5.87. The van der Waals surface area contributed by atoms with Gasteiger partial charge in [-0.05, 0) is 12.0 Å². The van der Waals surface area contributed by atoms with E-state index in [4.69, 9.17) is 36.5 Å². The molecule has 0 fully saturated rings. The lowest BCUT2D eigenvalue weighted by molar-refractivity contribution is -0.199. The Morgan fingerprint density at radius 3 is 2.22 bits per heavy atom. The van der Waals surface area contributed by atoms with Gasteiger partial charge in [0.2, 0.25) is 12.0 Å². The molecule has 1 rings (SSSR count). The number of hydrogen-bond donors (Lipinski definition) is 6. The lowest BCUT2D eigenvalue weighted by atomic mass is 9.88. The summed E-state index contributed by atoms with van der Waals surface area (Å²) in [4.78, 5) is 29.0. The third kappa shape index (κ3) is 7.33. The van der Waals surface area contributed by atoms with Gasteiger partial charge in [0.15, 0.2) is 5.96 Å². The van der Waals surface area contributed by atoms with E-state index in [1.807, 2.05) is 0 Å². The Morgan fingerprint density at radius 2 is 1.75 bits per heavy atom. The van der Waals surface area contributed by atoms with Crippen molar-refractivity contribution in [2.75, 3.05) is 6.61 Å². The van der Waals surface area contributed by atoms with Crippen LogP contribution >= 0.6 is 0 Å². The van der Waals surface area contributed by atoms with Gasteiger partial charge in [0.1, 0.15) is 24.4 Å². The molecule has 0 aliphatic carbocycles. The van der Waals surface area contributed by atoms with Crippen LogP contribution in [0.25, 0.3) is 0 Å². The Bertz CT molecular complexity index is 708. The fourth-order valence-corrected chi connectivity index (χ4v) is 2.87. The zero-order valence-electron chi connectivity index (χ0n) is 19.0. The fourth-order valence-electron chi connectivity index (χ4n) is 2.87. The molecule has 0 bridgehead atoms. The average Bonchev–Trinajstić information content (AvgIpc) is 2.72. The molecule has 32 heavy (non-hydrogen) atoms. The first-order valence-electron chi connectivity index (χ1n) is 10.4. The van der Waals surface area contributed by atoms with Crippen LogP contribution in [-0.4, -0.2) is 76.5 Å². The molecule has 0 aromatic carbocycles. The number of nitrogens with zero attached hydrogens (tertiary/aromatic N) is 1. The van der Waals surface area contributed by atoms with Crippen LogP contribution in [0.2, 0.25) is 0 Å². The third-order valence-corrected chi connectivity index (χ3v) is 5.05. The summed E-state index contributed by atoms with van der Waals surface area (Å²) >= 11 is 0. The van der Waals surface area contributed by atoms with Crippen molar-refractivity contribution >= 4 is 17.9 Å². The Morgan fingerprint density at radius 1 is 1.16 bits per heavy atom. The zero-order valence-corrected chi connectivity index (χ0v) is 19.0. The van der Waals surface area contributed by atoms with Crippen LogP contribution in [0.15, 0.2) is 16.8 Å². The Balaban J connectivity index is 3.13. The van der Waals surface area contributed by atoms with Crippen molar-refractivity contribution in [3.05, 3.63) is 11.8 Å². The van der Waals surface area contributed by atoms with E-state index in [2.05, 4.69) is 4.99 Å². The topological polar surface area (TPSA) is 213 Å². The molecule has 1 unspecified atom stereocenters. The lowest BCUT2D eigenvalue weighted by Gasteiger charge is -2.37. The second-order valence-electron chi connectivity index (χ2n) is 8.48. The fraction of sp³-hybridized carbons (Fsp3) is 0.750. The van der Waals surface area contributed by atoms with Gasteiger partial charge in [-0.15, -0.1) is 0 Å². The number of aliphatic hydroxyl groups is 3. The molecule has 1 aliphatic heterocycles. The number of aliphatic imine (C=N–C) groups is 1. The van der Waals surface area contributed by atoms with Crippen molar-refractivity contribution in [3.8, 4) is 0 Å². The molecule has 0 radical (unpaired) electrons. The molecule has 0 aromatic rings. The van der Waals surface area contributed by atoms with Gasteiger partial charge in [0, 0.05) is 11.8 Å². The minimum absolute atomic E-state index is 0.183. The van der Waals surface area contributed by atoms with Crippen LogP contribution in [0.5, 0.6) is 0 Å². The van der Waals surface area contributed by atoms with Crippen molar-refractivity contribution in [3.63, 3.8) is 0 Å². The molecule has 12 heteroatoms. The molecular weight excluding hydrogens is 424 g/mol. The van der Waals surface area contributed by atoms with Crippen LogP contribution in [0.4, 0.5) is 0 Å². The molecule has 0 saturated carbocycles. The number of aliphatic hydroxyl groups excluding tert-OH is 3. The van der Waals surface area contributed by atoms with Gasteiger partial charge in [-0.25, -0.2) is 9.79 Å². The van der Waals surface area contributed by atoms with Gasteiger partial charge in [-0.1, -0.05) is 34.6 Å². The number of guanidine groups is 1. The highest BCUT2D eigenvalue weighted by atomic mass is 16.7. The summed E-state index contributed by atoms with van der Waals surface area (Å²) in [6.45, 7) is 7.76. The van der Waals surface area contributed by atoms with Crippen molar-refractivity contribution in [1.29, 1.82) is 0 Å². The van der Waals surface area contributed by atoms with E-state index in [0.29, 0.717) is 0 Å². The van der Waals surface area contributed by atoms with Crippen molar-refractivity contribution in [2.45, 2.75) is 71.3 Å². The van der Waals surface area contributed by atoms with Crippen LogP contribution in [0.1, 0.15) is 34.6 Å². The van der Waals surface area contributed by atoms with E-state index in [9.17, 15) is 19.8 Å². The minimum Gasteiger partial charge on any atom is -0.480 e. The van der Waals surface area contributed by atoms with Crippen LogP contribution < -0.4 is 17.2 Å². The standard InChI is InChI=1S/C20H36N4O8/c1-8(2)14(21)18(29)32-19(9(3)4)31-17(28)13-6-11(24-20(22)23)10(5)16(30-13)15(27)12(26)7-25/h6,8-12,14-16,19,25-27H,7,21H2,1-5H3,(H4,22,23,24)/t10-,11+,12-,14-,15-,16-,19?/m1/s1. The highest BCUT2D eigenvalue weighted by Crippen LogP contribution is 2.30. The number of ether oxygens (including phenoxy) is 3. The average molecular weight is 461 g/mol. The largest absolute Gasteiger partial charge is 0.480 e. The first-order chi connectivity index (χ1) is 14.8. The van der Waals surface area contributed by atoms with Gasteiger partial charge >= 0.3 is 11.9 Å². The maximum absolute atomic E-state index is 12.8. The van der Waals surface area contributed by atoms with E-state index >= 15 is 0 Å². The minimum atomic E-state index is -1.55. The predicted molar refractivity (Wildman–Crippen MR) is 114 cm³/mol. The number of carbonyl (C=O) groups excluding carboxylic acids is 2. The SMILES string of the molecule is CC(C)C(OC(=O)C1=C[C@H](N=C(N)N)[C@@H](C)[C@H]([C@H](O)[C@H](O)CO)O1)OC(=O)[C@H](N)C(C)C. The summed E-state index contributed by atoms with van der Waals surface area (Å²) in [5.74, 6) is -3.49. The van der Waals surface area contributed by atoms with Gasteiger partial charge in [-0.2, -0.15) is 0 Å². The second-order valence-corrected chi connectivity index (χ2v) is 8.48. The monoisotopic (exact) mass is 460 g/mol. The van der Waals surface area contributed by atoms with Crippen molar-refractivity contribution in [1.82, 2.24) is 0 Å². The Kier molecular flexibility index (Phi) is 10.4. The normalized spacial score (nSPS) is 24.6. The molecule has 9 N–H and O–H groups in total. The van der Waals surface area contributed by atoms with Crippen LogP contribution in [0.3, 0.4) is 0 Å². The third-order valence-electron chi connectivity index (χ3n) is 5.05. The lowest BCUT2D eigenvalue weighted by Crippen LogP contribution is -2.50. The number of hydrogen-bond acceptors (Lipinski definition) is 10. The number of rotatable bonds is 10. The molecule has 184 valence electrons. The van der Waals surface area contributed by atoms with Crippen molar-refractivity contribution in [2.24, 2.45) is 39.9 Å². The predicted octanol–water partition coefficient (Wildman–Crippen LogP) is -1.69. The number of carbonyl (C=O) groups is 2. The van der Waals surface area contributed by atoms with Crippen LogP contribution in [-0.2, 0) is 23.8 Å². The summed E-state index contributed by atoms with van der Waals surface area (Å²) in [6.07, 6.45) is -4.17. The van der Waals surface area contributed by atoms with E-state index in [0.717, 1.165) is 0 Å². The van der Waals surface area contributed by atoms with E-state index in [-0.39, 0.29) is 17.6 Å². The van der Waals surface area contributed by atoms with Gasteiger partial charge in [-0.3, -0.25) is 4.79 Å². The van der Waals surface area contributed by atoms with Crippen molar-refractivity contribution < 1.29 is 39.1 Å². The van der Waals surface area contributed by atoms with Gasteiger partial charge in [0.05, 0.1) is 12.6 Å². The molecule has 0 amide bonds. The molecule has 1 aliphatic rings. The molecule has 0 spiro atoms. The van der Waals surface area contributed by atoms with E-state index < -0.39 is 67.1 Å². The molecule has 1 heterocycles. The quantitative estimate of drug-likeness (QED) is 0.0936. The molecular formula is C20H36N4O8. The summed E-state index contributed by atoms with van der Waals surface area (Å²) in [7, 11) is 0. The zero-order chi connectivity index (χ0) is 24.7. The molecule has 0 saturated heterocycles. The molecule has 0 aromatic heterocycles. The molecule has 12 nitrogen and oxygen atoms in total. The first kappa shape index (κ1) is 27.6. The van der Waals surface area contributed by atoms with Crippen LogP contribution in [0, 0.1) is 17.8 Å². The Labute approximate surface area is 187 Å². The Hall–Kier alpha value is -2.41. The van der Waals surface area contributed by atoms with Gasteiger partial charge < -0.3 is 46.7 Å². The summed E-state index contributed by atoms with van der Waals surface area (Å²) in [6, 6.07) is -1.69. The summed E-state index contributed by atoms with van der Waals surface area (Å²) in [5, 5.41) is 29.3. The number of esters is 2. The summed E-state index contributed by atoms with van der Waals surface area (Å²) < 4.78 is 16.2. The van der Waals surface area contributed by atoms with E-state index in [1.54, 1.807) is 34.6 Å². The number of nitrogens with two attached hydrogens (primary N) is 3. The van der Waals surface area contributed by atoms with Gasteiger partial charge in [0.25, 0.3) is 0 Å². The highest BCUT2D eigenvalue weighted by Gasteiger charge is 2.41. The maximum Gasteiger partial charge on any atom is 0.376 e. The first-order valence-corrected chi connectivity index (χ1v) is 10.4. The summed E-state index contributed by atoms with van der Waals surface area (Å²) in [5.41, 5.74) is 16.7. The smallest absolute Gasteiger partial charge is 0.376 e.